The number of benzene rings is 1. The van der Waals surface area contributed by atoms with Crippen LogP contribution in [0.4, 0.5) is 10.1 Å². The van der Waals surface area contributed by atoms with Gasteiger partial charge in [-0.05, 0) is 19.1 Å². The van der Waals surface area contributed by atoms with Crippen LogP contribution in [0.3, 0.4) is 0 Å². The van der Waals surface area contributed by atoms with Crippen molar-refractivity contribution in [2.45, 2.75) is 12.8 Å². The third-order valence-electron chi connectivity index (χ3n) is 1.85. The highest BCUT2D eigenvalue weighted by molar-refractivity contribution is 5.44. The van der Waals surface area contributed by atoms with Crippen LogP contribution >= 0.6 is 0 Å². The highest BCUT2D eigenvalue weighted by atomic mass is 19.1. The molecule has 0 heterocycles. The van der Waals surface area contributed by atoms with E-state index in [4.69, 9.17) is 5.26 Å². The summed E-state index contributed by atoms with van der Waals surface area (Å²) in [5, 5.41) is 19.1. The lowest BCUT2D eigenvalue weighted by Gasteiger charge is -2.03. The maximum atomic E-state index is 12.7. The van der Waals surface area contributed by atoms with Crippen LogP contribution < -0.4 is 0 Å². The Kier molecular flexibility index (Phi) is 2.77. The van der Waals surface area contributed by atoms with Crippen LogP contribution in [0.2, 0.25) is 0 Å². The lowest BCUT2D eigenvalue weighted by Crippen LogP contribution is -1.98. The van der Waals surface area contributed by atoms with Crippen LogP contribution in [-0.2, 0) is 0 Å². The Labute approximate surface area is 79.7 Å². The van der Waals surface area contributed by atoms with E-state index in [1.54, 1.807) is 0 Å². The number of hydrogen-bond acceptors (Lipinski definition) is 3. The Morgan fingerprint density at radius 1 is 1.64 bits per heavy atom. The van der Waals surface area contributed by atoms with E-state index < -0.39 is 16.7 Å². The third-order valence-corrected chi connectivity index (χ3v) is 1.85. The molecule has 0 aliphatic carbocycles. The zero-order valence-electron chi connectivity index (χ0n) is 7.40. The standard InChI is InChI=1S/C9H7FN2O2/c1-6(5-11)8-3-2-7(10)4-9(8)12(13)14/h2-4,6H,1H3. The third kappa shape index (κ3) is 1.85. The number of hydrogen-bond donors (Lipinski definition) is 0. The Balaban J connectivity index is 3.30. The number of nitro benzene ring substituents is 1. The van der Waals surface area contributed by atoms with Gasteiger partial charge in [0.1, 0.15) is 5.82 Å². The fourth-order valence-corrected chi connectivity index (χ4v) is 1.11. The monoisotopic (exact) mass is 194 g/mol. The Bertz CT molecular complexity index is 412. The van der Waals surface area contributed by atoms with Crippen molar-refractivity contribution in [1.82, 2.24) is 0 Å². The topological polar surface area (TPSA) is 66.9 Å². The summed E-state index contributed by atoms with van der Waals surface area (Å²) in [5.41, 5.74) is -0.113. The van der Waals surface area contributed by atoms with Gasteiger partial charge in [0.2, 0.25) is 0 Å². The quantitative estimate of drug-likeness (QED) is 0.536. The summed E-state index contributed by atoms with van der Waals surface area (Å²) in [6, 6.07) is 5.06. The predicted molar refractivity (Wildman–Crippen MR) is 47.1 cm³/mol. The van der Waals surface area contributed by atoms with Gasteiger partial charge in [0, 0.05) is 5.56 Å². The number of halogens is 1. The predicted octanol–water partition coefficient (Wildman–Crippen LogP) is 2.36. The molecule has 1 rings (SSSR count). The molecule has 0 bridgehead atoms. The first kappa shape index (κ1) is 10.1. The van der Waals surface area contributed by atoms with Crippen LogP contribution in [0.5, 0.6) is 0 Å². The summed E-state index contributed by atoms with van der Waals surface area (Å²) < 4.78 is 12.7. The number of nitriles is 1. The molecule has 0 saturated carbocycles. The highest BCUT2D eigenvalue weighted by Crippen LogP contribution is 2.26. The lowest BCUT2D eigenvalue weighted by atomic mass is 10.0. The van der Waals surface area contributed by atoms with E-state index in [2.05, 4.69) is 0 Å². The first-order chi connectivity index (χ1) is 6.56. The first-order valence-corrected chi connectivity index (χ1v) is 3.89. The molecule has 0 aliphatic heterocycles. The molecule has 0 aromatic heterocycles. The van der Waals surface area contributed by atoms with Crippen molar-refractivity contribution in [3.8, 4) is 6.07 Å². The second kappa shape index (κ2) is 3.83. The lowest BCUT2D eigenvalue weighted by molar-refractivity contribution is -0.385. The number of nitrogens with zero attached hydrogens (tertiary/aromatic N) is 2. The molecule has 0 spiro atoms. The maximum Gasteiger partial charge on any atom is 0.276 e. The van der Waals surface area contributed by atoms with E-state index in [9.17, 15) is 14.5 Å². The molecule has 0 fully saturated rings. The molecule has 0 amide bonds. The summed E-state index contributed by atoms with van der Waals surface area (Å²) in [5.74, 6) is -1.29. The molecule has 1 aromatic carbocycles. The van der Waals surface area contributed by atoms with Gasteiger partial charge in [-0.15, -0.1) is 0 Å². The molecule has 5 heteroatoms. The average Bonchev–Trinajstić information content (AvgIpc) is 2.16. The van der Waals surface area contributed by atoms with Crippen molar-refractivity contribution in [2.24, 2.45) is 0 Å². The van der Waals surface area contributed by atoms with Gasteiger partial charge in [-0.3, -0.25) is 10.1 Å². The molecule has 0 radical (unpaired) electrons. The highest BCUT2D eigenvalue weighted by Gasteiger charge is 2.19. The van der Waals surface area contributed by atoms with Gasteiger partial charge in [0.25, 0.3) is 5.69 Å². The molecule has 0 saturated heterocycles. The van der Waals surface area contributed by atoms with E-state index in [1.165, 1.54) is 13.0 Å². The number of rotatable bonds is 2. The van der Waals surface area contributed by atoms with Crippen molar-refractivity contribution in [3.63, 3.8) is 0 Å². The smallest absolute Gasteiger partial charge is 0.258 e. The summed E-state index contributed by atoms with van der Waals surface area (Å²) in [7, 11) is 0. The fraction of sp³-hybridized carbons (Fsp3) is 0.222. The van der Waals surface area contributed by atoms with Crippen LogP contribution in [0.1, 0.15) is 18.4 Å². The molecule has 1 aromatic rings. The number of nitro groups is 1. The fourth-order valence-electron chi connectivity index (χ4n) is 1.11. The Morgan fingerprint density at radius 3 is 2.79 bits per heavy atom. The van der Waals surface area contributed by atoms with Crippen molar-refractivity contribution in [1.29, 1.82) is 5.26 Å². The van der Waals surface area contributed by atoms with Crippen molar-refractivity contribution in [3.05, 3.63) is 39.7 Å². The summed E-state index contributed by atoms with van der Waals surface area (Å²) in [6.07, 6.45) is 0. The second-order valence-corrected chi connectivity index (χ2v) is 2.81. The molecule has 72 valence electrons. The van der Waals surface area contributed by atoms with Crippen LogP contribution in [0.15, 0.2) is 18.2 Å². The molecule has 14 heavy (non-hydrogen) atoms. The molecule has 4 nitrogen and oxygen atoms in total. The van der Waals surface area contributed by atoms with Crippen molar-refractivity contribution in [2.75, 3.05) is 0 Å². The zero-order valence-corrected chi connectivity index (χ0v) is 7.40. The summed E-state index contributed by atoms with van der Waals surface area (Å²) >= 11 is 0. The Morgan fingerprint density at radius 2 is 2.29 bits per heavy atom. The molecular weight excluding hydrogens is 187 g/mol. The minimum atomic E-state index is -0.688. The van der Waals surface area contributed by atoms with Gasteiger partial charge in [0.15, 0.2) is 0 Å². The van der Waals surface area contributed by atoms with Gasteiger partial charge >= 0.3 is 0 Å². The molecule has 1 unspecified atom stereocenters. The van der Waals surface area contributed by atoms with Crippen LogP contribution in [0.25, 0.3) is 0 Å². The summed E-state index contributed by atoms with van der Waals surface area (Å²) in [6.45, 7) is 1.53. The van der Waals surface area contributed by atoms with E-state index >= 15 is 0 Å². The van der Waals surface area contributed by atoms with Crippen LogP contribution in [0, 0.1) is 27.3 Å². The average molecular weight is 194 g/mol. The van der Waals surface area contributed by atoms with Gasteiger partial charge < -0.3 is 0 Å². The molecular formula is C9H7FN2O2. The van der Waals surface area contributed by atoms with Gasteiger partial charge in [-0.1, -0.05) is 0 Å². The van der Waals surface area contributed by atoms with Crippen molar-refractivity contribution < 1.29 is 9.31 Å². The van der Waals surface area contributed by atoms with E-state index in [0.29, 0.717) is 0 Å². The van der Waals surface area contributed by atoms with E-state index in [-0.39, 0.29) is 11.3 Å². The molecule has 0 N–H and O–H groups in total. The zero-order chi connectivity index (χ0) is 10.7. The van der Waals surface area contributed by atoms with Crippen molar-refractivity contribution >= 4 is 5.69 Å². The molecule has 0 aliphatic rings. The minimum Gasteiger partial charge on any atom is -0.258 e. The minimum absolute atomic E-state index is 0.235. The van der Waals surface area contributed by atoms with Crippen LogP contribution in [-0.4, -0.2) is 4.92 Å². The van der Waals surface area contributed by atoms with Gasteiger partial charge in [0.05, 0.1) is 23.0 Å². The van der Waals surface area contributed by atoms with E-state index in [1.807, 2.05) is 6.07 Å². The van der Waals surface area contributed by atoms with E-state index in [0.717, 1.165) is 12.1 Å². The molecule has 1 atom stereocenters. The van der Waals surface area contributed by atoms with Gasteiger partial charge in [-0.2, -0.15) is 5.26 Å². The maximum absolute atomic E-state index is 12.7. The van der Waals surface area contributed by atoms with Gasteiger partial charge in [-0.25, -0.2) is 4.39 Å². The Hall–Kier alpha value is -1.96. The normalized spacial score (nSPS) is 11.8. The second-order valence-electron chi connectivity index (χ2n) is 2.81. The SMILES string of the molecule is CC(C#N)c1ccc(F)cc1[N+](=O)[O-]. The first-order valence-electron chi connectivity index (χ1n) is 3.89. The summed E-state index contributed by atoms with van der Waals surface area (Å²) in [4.78, 5) is 9.84. The largest absolute Gasteiger partial charge is 0.276 e.